The van der Waals surface area contributed by atoms with Gasteiger partial charge in [0, 0.05) is 17.1 Å². The molecule has 0 aliphatic rings. The molecule has 26 heavy (non-hydrogen) atoms. The number of fused-ring (bicyclic) bond motifs is 1. The van der Waals surface area contributed by atoms with E-state index in [1.807, 2.05) is 67.6 Å². The fourth-order valence-corrected chi connectivity index (χ4v) is 2.69. The molecule has 2 aromatic heterocycles. The van der Waals surface area contributed by atoms with Crippen LogP contribution in [-0.4, -0.2) is 22.3 Å². The van der Waals surface area contributed by atoms with E-state index in [0.29, 0.717) is 17.5 Å². The molecule has 6 heteroatoms. The van der Waals surface area contributed by atoms with Gasteiger partial charge in [-0.15, -0.1) is 0 Å². The van der Waals surface area contributed by atoms with Crippen LogP contribution in [0.25, 0.3) is 10.8 Å². The first kappa shape index (κ1) is 16.0. The summed E-state index contributed by atoms with van der Waals surface area (Å²) < 4.78 is 11.4. The highest BCUT2D eigenvalue weighted by molar-refractivity contribution is 5.90. The van der Waals surface area contributed by atoms with Gasteiger partial charge in [0.1, 0.15) is 17.3 Å². The van der Waals surface area contributed by atoms with E-state index in [4.69, 9.17) is 9.47 Å². The molecule has 2 N–H and O–H groups in total. The minimum Gasteiger partial charge on any atom is -0.497 e. The average molecular weight is 346 g/mol. The van der Waals surface area contributed by atoms with Crippen molar-refractivity contribution in [1.82, 2.24) is 15.2 Å². The Labute approximate surface area is 150 Å². The molecule has 0 amide bonds. The Kier molecular flexibility index (Phi) is 4.15. The highest BCUT2D eigenvalue weighted by atomic mass is 16.5. The number of para-hydroxylation sites is 1. The molecular formula is C20H18N4O2. The molecule has 2 aromatic carbocycles. The Morgan fingerprint density at radius 1 is 0.923 bits per heavy atom. The number of aromatic nitrogens is 3. The van der Waals surface area contributed by atoms with Gasteiger partial charge in [0.25, 0.3) is 0 Å². The first-order valence-corrected chi connectivity index (χ1v) is 8.22. The fraction of sp³-hybridized carbons (Fsp3) is 0.100. The topological polar surface area (TPSA) is 72.1 Å². The third kappa shape index (κ3) is 3.30. The second kappa shape index (κ2) is 6.76. The molecule has 0 aliphatic carbocycles. The minimum absolute atomic E-state index is 0.520. The summed E-state index contributed by atoms with van der Waals surface area (Å²) in [5, 5.41) is 12.2. The number of anilines is 2. The number of methoxy groups -OCH3 is 1. The lowest BCUT2D eigenvalue weighted by molar-refractivity contribution is 0.415. The van der Waals surface area contributed by atoms with Crippen LogP contribution >= 0.6 is 0 Å². The van der Waals surface area contributed by atoms with Crippen LogP contribution in [0.3, 0.4) is 0 Å². The van der Waals surface area contributed by atoms with E-state index < -0.39 is 0 Å². The van der Waals surface area contributed by atoms with Crippen LogP contribution in [0.2, 0.25) is 0 Å². The molecule has 0 saturated heterocycles. The molecule has 0 fully saturated rings. The standard InChI is InChI=1S/C20H18N4O2/c1-13-10-19(24-23-13)21-18-12-14-11-16(25-2)8-9-17(14)20(22-18)26-15-6-4-3-5-7-15/h3-12H,1-2H3,(H2,21,22,23,24). The van der Waals surface area contributed by atoms with Crippen molar-refractivity contribution in [3.63, 3.8) is 0 Å². The maximum atomic E-state index is 6.03. The summed E-state index contributed by atoms with van der Waals surface area (Å²) in [6, 6.07) is 19.2. The van der Waals surface area contributed by atoms with Gasteiger partial charge in [-0.05, 0) is 48.7 Å². The second-order valence-electron chi connectivity index (χ2n) is 5.88. The zero-order valence-electron chi connectivity index (χ0n) is 14.5. The normalized spacial score (nSPS) is 10.7. The molecule has 0 atom stereocenters. The van der Waals surface area contributed by atoms with Gasteiger partial charge < -0.3 is 14.8 Å². The van der Waals surface area contributed by atoms with Gasteiger partial charge in [0.2, 0.25) is 5.88 Å². The predicted molar refractivity (Wildman–Crippen MR) is 101 cm³/mol. The molecule has 0 saturated carbocycles. The number of hydrogen-bond acceptors (Lipinski definition) is 5. The Morgan fingerprint density at radius 2 is 1.77 bits per heavy atom. The highest BCUT2D eigenvalue weighted by Crippen LogP contribution is 2.33. The van der Waals surface area contributed by atoms with Gasteiger partial charge in [-0.2, -0.15) is 10.1 Å². The molecule has 0 unspecified atom stereocenters. The Morgan fingerprint density at radius 3 is 2.50 bits per heavy atom. The van der Waals surface area contributed by atoms with Crippen molar-refractivity contribution in [3.8, 4) is 17.4 Å². The van der Waals surface area contributed by atoms with Crippen LogP contribution in [0.15, 0.2) is 60.7 Å². The van der Waals surface area contributed by atoms with Gasteiger partial charge in [-0.1, -0.05) is 18.2 Å². The maximum Gasteiger partial charge on any atom is 0.229 e. The van der Waals surface area contributed by atoms with E-state index in [9.17, 15) is 0 Å². The number of nitrogens with zero attached hydrogens (tertiary/aromatic N) is 2. The van der Waals surface area contributed by atoms with Gasteiger partial charge in [-0.3, -0.25) is 5.10 Å². The molecule has 0 spiro atoms. The minimum atomic E-state index is 0.520. The van der Waals surface area contributed by atoms with Crippen molar-refractivity contribution in [2.75, 3.05) is 12.4 Å². The van der Waals surface area contributed by atoms with Crippen molar-refractivity contribution >= 4 is 22.4 Å². The number of H-pyrrole nitrogens is 1. The van der Waals surface area contributed by atoms with Crippen molar-refractivity contribution in [1.29, 1.82) is 0 Å². The molecule has 0 radical (unpaired) electrons. The highest BCUT2D eigenvalue weighted by Gasteiger charge is 2.11. The zero-order valence-corrected chi connectivity index (χ0v) is 14.5. The van der Waals surface area contributed by atoms with E-state index in [1.165, 1.54) is 0 Å². The van der Waals surface area contributed by atoms with E-state index in [1.54, 1.807) is 7.11 Å². The molecule has 130 valence electrons. The lowest BCUT2D eigenvalue weighted by atomic mass is 10.1. The van der Waals surface area contributed by atoms with Crippen LogP contribution in [0.1, 0.15) is 5.69 Å². The first-order valence-electron chi connectivity index (χ1n) is 8.22. The Hall–Kier alpha value is -3.54. The van der Waals surface area contributed by atoms with Gasteiger partial charge >= 0.3 is 0 Å². The summed E-state index contributed by atoms with van der Waals surface area (Å²) >= 11 is 0. The maximum absolute atomic E-state index is 6.03. The number of rotatable bonds is 5. The monoisotopic (exact) mass is 346 g/mol. The van der Waals surface area contributed by atoms with Crippen LogP contribution < -0.4 is 14.8 Å². The van der Waals surface area contributed by atoms with E-state index >= 15 is 0 Å². The predicted octanol–water partition coefficient (Wildman–Crippen LogP) is 4.81. The summed E-state index contributed by atoms with van der Waals surface area (Å²) in [5.74, 6) is 3.36. The lowest BCUT2D eigenvalue weighted by Gasteiger charge is -2.12. The number of benzene rings is 2. The van der Waals surface area contributed by atoms with Crippen LogP contribution in [0, 0.1) is 6.92 Å². The largest absolute Gasteiger partial charge is 0.497 e. The van der Waals surface area contributed by atoms with Crippen molar-refractivity contribution in [2.45, 2.75) is 6.92 Å². The lowest BCUT2D eigenvalue weighted by Crippen LogP contribution is -1.97. The molecule has 4 rings (SSSR count). The zero-order chi connectivity index (χ0) is 17.9. The second-order valence-corrected chi connectivity index (χ2v) is 5.88. The molecule has 0 aliphatic heterocycles. The van der Waals surface area contributed by atoms with E-state index in [2.05, 4.69) is 20.5 Å². The van der Waals surface area contributed by atoms with E-state index in [-0.39, 0.29) is 0 Å². The van der Waals surface area contributed by atoms with Crippen LogP contribution in [0.4, 0.5) is 11.6 Å². The number of ether oxygens (including phenoxy) is 2. The number of aromatic amines is 1. The molecule has 4 aromatic rings. The smallest absolute Gasteiger partial charge is 0.229 e. The average Bonchev–Trinajstić information content (AvgIpc) is 3.06. The molecular weight excluding hydrogens is 328 g/mol. The number of pyridine rings is 1. The number of nitrogens with one attached hydrogen (secondary N) is 2. The van der Waals surface area contributed by atoms with Crippen molar-refractivity contribution in [2.24, 2.45) is 0 Å². The third-order valence-corrected chi connectivity index (χ3v) is 3.92. The van der Waals surface area contributed by atoms with Crippen LogP contribution in [-0.2, 0) is 0 Å². The van der Waals surface area contributed by atoms with Gasteiger partial charge in [-0.25, -0.2) is 0 Å². The molecule has 0 bridgehead atoms. The summed E-state index contributed by atoms with van der Waals surface area (Å²) in [4.78, 5) is 4.63. The third-order valence-electron chi connectivity index (χ3n) is 3.92. The summed E-state index contributed by atoms with van der Waals surface area (Å²) in [6.45, 7) is 1.95. The quantitative estimate of drug-likeness (QED) is 0.542. The Bertz CT molecular complexity index is 1040. The number of hydrogen-bond donors (Lipinski definition) is 2. The molecule has 2 heterocycles. The SMILES string of the molecule is COc1ccc2c(Oc3ccccc3)nc(Nc3cc(C)[nH]n3)cc2c1. The first-order chi connectivity index (χ1) is 12.7. The van der Waals surface area contributed by atoms with Gasteiger partial charge in [0.15, 0.2) is 5.82 Å². The number of aryl methyl sites for hydroxylation is 1. The fourth-order valence-electron chi connectivity index (χ4n) is 2.69. The van der Waals surface area contributed by atoms with E-state index in [0.717, 1.165) is 28.0 Å². The summed E-state index contributed by atoms with van der Waals surface area (Å²) in [5.41, 5.74) is 0.968. The van der Waals surface area contributed by atoms with Gasteiger partial charge in [0.05, 0.1) is 7.11 Å². The Balaban J connectivity index is 1.79. The summed E-state index contributed by atoms with van der Waals surface area (Å²) in [7, 11) is 1.65. The van der Waals surface area contributed by atoms with Crippen molar-refractivity contribution < 1.29 is 9.47 Å². The van der Waals surface area contributed by atoms with Crippen LogP contribution in [0.5, 0.6) is 17.4 Å². The molecule has 6 nitrogen and oxygen atoms in total. The van der Waals surface area contributed by atoms with Crippen molar-refractivity contribution in [3.05, 3.63) is 66.4 Å². The summed E-state index contributed by atoms with van der Waals surface area (Å²) in [6.07, 6.45) is 0.